The van der Waals surface area contributed by atoms with Crippen LogP contribution in [0, 0.1) is 0 Å². The number of ether oxygens (including phenoxy) is 3. The average molecular weight is 263 g/mol. The molecule has 0 atom stereocenters. The quantitative estimate of drug-likeness (QED) is 0.856. The minimum Gasteiger partial charge on any atom is -0.493 e. The molecule has 1 aromatic carbocycles. The van der Waals surface area contributed by atoms with Crippen LogP contribution in [-0.2, 0) is 6.42 Å². The van der Waals surface area contributed by atoms with Gasteiger partial charge in [-0.1, -0.05) is 0 Å². The Morgan fingerprint density at radius 2 is 1.68 bits per heavy atom. The lowest BCUT2D eigenvalue weighted by Crippen LogP contribution is -1.98. The van der Waals surface area contributed by atoms with Crippen molar-refractivity contribution in [3.8, 4) is 17.2 Å². The zero-order valence-corrected chi connectivity index (χ0v) is 11.2. The number of methoxy groups -OCH3 is 3. The highest BCUT2D eigenvalue weighted by Crippen LogP contribution is 2.38. The van der Waals surface area contributed by atoms with Gasteiger partial charge in [0, 0.05) is 18.2 Å². The Hall–Kier alpha value is -2.37. The summed E-state index contributed by atoms with van der Waals surface area (Å²) in [7, 11) is 4.76. The Bertz CT molecular complexity index is 541. The molecule has 0 unspecified atom stereocenters. The first-order valence-electron chi connectivity index (χ1n) is 5.76. The Balaban J connectivity index is 2.35. The molecule has 0 amide bonds. The molecule has 0 aliphatic rings. The van der Waals surface area contributed by atoms with Gasteiger partial charge < -0.3 is 19.9 Å². The molecule has 0 aliphatic heterocycles. The SMILES string of the molecule is COc1cc(Cc2cc(N)n[nH]2)cc(OC)c1OC. The Morgan fingerprint density at radius 3 is 2.11 bits per heavy atom. The number of nitrogens with two attached hydrogens (primary N) is 1. The number of rotatable bonds is 5. The lowest BCUT2D eigenvalue weighted by atomic mass is 10.1. The van der Waals surface area contributed by atoms with Crippen molar-refractivity contribution in [1.82, 2.24) is 10.2 Å². The zero-order chi connectivity index (χ0) is 13.8. The summed E-state index contributed by atoms with van der Waals surface area (Å²) < 4.78 is 15.9. The number of anilines is 1. The van der Waals surface area contributed by atoms with Crippen LogP contribution in [0.3, 0.4) is 0 Å². The van der Waals surface area contributed by atoms with Crippen LogP contribution in [0.4, 0.5) is 5.82 Å². The summed E-state index contributed by atoms with van der Waals surface area (Å²) in [6.07, 6.45) is 0.654. The van der Waals surface area contributed by atoms with E-state index in [1.54, 1.807) is 27.4 Å². The van der Waals surface area contributed by atoms with Gasteiger partial charge in [0.05, 0.1) is 21.3 Å². The standard InChI is InChI=1S/C13H17N3O3/c1-17-10-5-8(4-9-7-12(14)16-15-9)6-11(18-2)13(10)19-3/h5-7H,4H2,1-3H3,(H3,14,15,16). The molecule has 0 saturated carbocycles. The Morgan fingerprint density at radius 1 is 1.05 bits per heavy atom. The van der Waals surface area contributed by atoms with E-state index in [1.165, 1.54) is 0 Å². The largest absolute Gasteiger partial charge is 0.493 e. The predicted molar refractivity (Wildman–Crippen MR) is 71.9 cm³/mol. The molecule has 3 N–H and O–H groups in total. The maximum atomic E-state index is 5.58. The van der Waals surface area contributed by atoms with Gasteiger partial charge in [-0.15, -0.1) is 0 Å². The van der Waals surface area contributed by atoms with E-state index in [9.17, 15) is 0 Å². The molecule has 6 heteroatoms. The van der Waals surface area contributed by atoms with Crippen LogP contribution in [-0.4, -0.2) is 31.5 Å². The van der Waals surface area contributed by atoms with E-state index < -0.39 is 0 Å². The van der Waals surface area contributed by atoms with Gasteiger partial charge in [0.2, 0.25) is 5.75 Å². The van der Waals surface area contributed by atoms with E-state index in [4.69, 9.17) is 19.9 Å². The summed E-state index contributed by atoms with van der Waals surface area (Å²) >= 11 is 0. The van der Waals surface area contributed by atoms with Crippen molar-refractivity contribution < 1.29 is 14.2 Å². The second-order valence-electron chi connectivity index (χ2n) is 4.03. The highest BCUT2D eigenvalue weighted by Gasteiger charge is 2.13. The molecule has 6 nitrogen and oxygen atoms in total. The van der Waals surface area contributed by atoms with Gasteiger partial charge in [-0.3, -0.25) is 5.10 Å². The van der Waals surface area contributed by atoms with Crippen LogP contribution in [0.2, 0.25) is 0 Å². The summed E-state index contributed by atoms with van der Waals surface area (Å²) in [5.74, 6) is 2.31. The maximum Gasteiger partial charge on any atom is 0.203 e. The maximum absolute atomic E-state index is 5.58. The summed E-state index contributed by atoms with van der Waals surface area (Å²) in [6, 6.07) is 5.60. The Labute approximate surface area is 111 Å². The fourth-order valence-electron chi connectivity index (χ4n) is 1.93. The molecule has 2 aromatic rings. The molecular formula is C13H17N3O3. The summed E-state index contributed by atoms with van der Waals surface area (Å²) in [4.78, 5) is 0. The van der Waals surface area contributed by atoms with Gasteiger partial charge in [-0.25, -0.2) is 0 Å². The molecule has 1 heterocycles. The topological polar surface area (TPSA) is 82.4 Å². The number of nitrogens with one attached hydrogen (secondary N) is 1. The van der Waals surface area contributed by atoms with Crippen molar-refractivity contribution >= 4 is 5.82 Å². The predicted octanol–water partition coefficient (Wildman–Crippen LogP) is 1.61. The second-order valence-corrected chi connectivity index (χ2v) is 4.03. The highest BCUT2D eigenvalue weighted by molar-refractivity contribution is 5.54. The van der Waals surface area contributed by atoms with Gasteiger partial charge in [-0.05, 0) is 17.7 Å². The molecule has 102 valence electrons. The van der Waals surface area contributed by atoms with Crippen molar-refractivity contribution in [3.05, 3.63) is 29.5 Å². The van der Waals surface area contributed by atoms with Gasteiger partial charge in [0.15, 0.2) is 11.5 Å². The monoisotopic (exact) mass is 263 g/mol. The summed E-state index contributed by atoms with van der Waals surface area (Å²) in [5.41, 5.74) is 7.51. The van der Waals surface area contributed by atoms with Gasteiger partial charge in [0.1, 0.15) is 5.82 Å². The third-order valence-electron chi connectivity index (χ3n) is 2.77. The summed E-state index contributed by atoms with van der Waals surface area (Å²) in [5, 5.41) is 6.77. The van der Waals surface area contributed by atoms with E-state index in [0.717, 1.165) is 11.3 Å². The third kappa shape index (κ3) is 2.73. The normalized spacial score (nSPS) is 10.3. The smallest absolute Gasteiger partial charge is 0.203 e. The zero-order valence-electron chi connectivity index (χ0n) is 11.2. The van der Waals surface area contributed by atoms with Crippen molar-refractivity contribution in [1.29, 1.82) is 0 Å². The lowest BCUT2D eigenvalue weighted by Gasteiger charge is -2.13. The molecule has 19 heavy (non-hydrogen) atoms. The molecule has 0 radical (unpaired) electrons. The second kappa shape index (κ2) is 5.51. The van der Waals surface area contributed by atoms with Gasteiger partial charge >= 0.3 is 0 Å². The average Bonchev–Trinajstić information content (AvgIpc) is 2.82. The first kappa shape index (κ1) is 13.1. The van der Waals surface area contributed by atoms with Crippen molar-refractivity contribution in [2.75, 3.05) is 27.1 Å². The van der Waals surface area contributed by atoms with E-state index >= 15 is 0 Å². The van der Waals surface area contributed by atoms with Gasteiger partial charge in [0.25, 0.3) is 0 Å². The minimum absolute atomic E-state index is 0.474. The minimum atomic E-state index is 0.474. The van der Waals surface area contributed by atoms with E-state index in [0.29, 0.717) is 29.5 Å². The molecule has 0 aliphatic carbocycles. The van der Waals surface area contributed by atoms with Crippen LogP contribution in [0.15, 0.2) is 18.2 Å². The number of aromatic amines is 1. The lowest BCUT2D eigenvalue weighted by molar-refractivity contribution is 0.324. The van der Waals surface area contributed by atoms with Crippen molar-refractivity contribution in [2.45, 2.75) is 6.42 Å². The number of nitrogen functional groups attached to an aromatic ring is 1. The van der Waals surface area contributed by atoms with Crippen LogP contribution < -0.4 is 19.9 Å². The van der Waals surface area contributed by atoms with Crippen LogP contribution in [0.5, 0.6) is 17.2 Å². The number of hydrogen-bond donors (Lipinski definition) is 2. The number of H-pyrrole nitrogens is 1. The van der Waals surface area contributed by atoms with Crippen LogP contribution in [0.25, 0.3) is 0 Å². The molecule has 2 rings (SSSR count). The van der Waals surface area contributed by atoms with Gasteiger partial charge in [-0.2, -0.15) is 5.10 Å². The van der Waals surface area contributed by atoms with Crippen LogP contribution in [0.1, 0.15) is 11.3 Å². The first-order valence-corrected chi connectivity index (χ1v) is 5.76. The fraction of sp³-hybridized carbons (Fsp3) is 0.308. The van der Waals surface area contributed by atoms with Crippen molar-refractivity contribution in [2.24, 2.45) is 0 Å². The number of benzene rings is 1. The Kier molecular flexibility index (Phi) is 3.79. The van der Waals surface area contributed by atoms with E-state index in [1.807, 2.05) is 12.1 Å². The fourth-order valence-corrected chi connectivity index (χ4v) is 1.93. The van der Waals surface area contributed by atoms with Crippen LogP contribution >= 0.6 is 0 Å². The number of nitrogens with zero attached hydrogens (tertiary/aromatic N) is 1. The van der Waals surface area contributed by atoms with E-state index in [-0.39, 0.29) is 0 Å². The molecule has 1 aromatic heterocycles. The highest BCUT2D eigenvalue weighted by atomic mass is 16.5. The van der Waals surface area contributed by atoms with E-state index in [2.05, 4.69) is 10.2 Å². The number of aromatic nitrogens is 2. The molecule has 0 spiro atoms. The molecule has 0 saturated heterocycles. The molecule has 0 fully saturated rings. The third-order valence-corrected chi connectivity index (χ3v) is 2.77. The summed E-state index contributed by atoms with van der Waals surface area (Å²) in [6.45, 7) is 0. The molecule has 0 bridgehead atoms. The number of hydrogen-bond acceptors (Lipinski definition) is 5. The first-order chi connectivity index (χ1) is 9.17. The molecular weight excluding hydrogens is 246 g/mol. The van der Waals surface area contributed by atoms with Crippen molar-refractivity contribution in [3.63, 3.8) is 0 Å².